The SMILES string of the molecule is CC(C)(C)Oc1ccc2c(=S)cc[nH]c2c1. The van der Waals surface area contributed by atoms with Gasteiger partial charge < -0.3 is 9.72 Å². The van der Waals surface area contributed by atoms with Crippen LogP contribution in [0.3, 0.4) is 0 Å². The molecule has 0 spiro atoms. The maximum absolute atomic E-state index is 5.80. The summed E-state index contributed by atoms with van der Waals surface area (Å²) in [7, 11) is 0. The molecule has 0 amide bonds. The number of hydrogen-bond donors (Lipinski definition) is 1. The Labute approximate surface area is 100 Å². The van der Waals surface area contributed by atoms with Crippen LogP contribution in [0.15, 0.2) is 30.5 Å². The van der Waals surface area contributed by atoms with Gasteiger partial charge >= 0.3 is 0 Å². The fourth-order valence-corrected chi connectivity index (χ4v) is 1.82. The van der Waals surface area contributed by atoms with Crippen molar-refractivity contribution in [1.29, 1.82) is 0 Å². The van der Waals surface area contributed by atoms with E-state index in [0.29, 0.717) is 0 Å². The molecule has 1 N–H and O–H groups in total. The number of pyridine rings is 1. The van der Waals surface area contributed by atoms with Crippen molar-refractivity contribution in [3.8, 4) is 5.75 Å². The van der Waals surface area contributed by atoms with Crippen LogP contribution >= 0.6 is 12.2 Å². The lowest BCUT2D eigenvalue weighted by Gasteiger charge is -2.21. The van der Waals surface area contributed by atoms with Crippen LogP contribution in [0, 0.1) is 4.51 Å². The quantitative estimate of drug-likeness (QED) is 0.751. The molecule has 16 heavy (non-hydrogen) atoms. The summed E-state index contributed by atoms with van der Waals surface area (Å²) in [4.78, 5) is 3.17. The third kappa shape index (κ3) is 2.42. The number of nitrogens with one attached hydrogen (secondary N) is 1. The Hall–Kier alpha value is -1.35. The van der Waals surface area contributed by atoms with E-state index in [9.17, 15) is 0 Å². The van der Waals surface area contributed by atoms with Crippen LogP contribution in [0.4, 0.5) is 0 Å². The molecule has 2 rings (SSSR count). The van der Waals surface area contributed by atoms with Gasteiger partial charge in [-0.3, -0.25) is 0 Å². The maximum atomic E-state index is 5.80. The Morgan fingerprint density at radius 2 is 1.94 bits per heavy atom. The second-order valence-corrected chi connectivity index (χ2v) is 5.20. The van der Waals surface area contributed by atoms with Gasteiger partial charge in [0.15, 0.2) is 0 Å². The molecule has 0 fully saturated rings. The van der Waals surface area contributed by atoms with Gasteiger partial charge in [0.25, 0.3) is 0 Å². The van der Waals surface area contributed by atoms with Gasteiger partial charge in [0.05, 0.1) is 5.52 Å². The van der Waals surface area contributed by atoms with Crippen molar-refractivity contribution < 1.29 is 4.74 Å². The van der Waals surface area contributed by atoms with E-state index in [1.165, 1.54) is 0 Å². The first kappa shape index (κ1) is 11.1. The molecule has 2 nitrogen and oxygen atoms in total. The summed E-state index contributed by atoms with van der Waals surface area (Å²) in [5.74, 6) is 0.858. The molecule has 0 saturated carbocycles. The van der Waals surface area contributed by atoms with Crippen LogP contribution in [-0.2, 0) is 0 Å². The van der Waals surface area contributed by atoms with Crippen molar-refractivity contribution in [1.82, 2.24) is 4.98 Å². The van der Waals surface area contributed by atoms with Crippen LogP contribution in [0.25, 0.3) is 10.9 Å². The number of fused-ring (bicyclic) bond motifs is 1. The predicted molar refractivity (Wildman–Crippen MR) is 69.5 cm³/mol. The smallest absolute Gasteiger partial charge is 0.122 e. The molecule has 0 bridgehead atoms. The molecule has 2 aromatic rings. The van der Waals surface area contributed by atoms with E-state index >= 15 is 0 Å². The van der Waals surface area contributed by atoms with Gasteiger partial charge in [-0.25, -0.2) is 0 Å². The van der Waals surface area contributed by atoms with E-state index in [1.54, 1.807) is 0 Å². The zero-order valence-electron chi connectivity index (χ0n) is 9.70. The van der Waals surface area contributed by atoms with E-state index in [0.717, 1.165) is 21.2 Å². The average molecular weight is 233 g/mol. The van der Waals surface area contributed by atoms with Gasteiger partial charge in [-0.15, -0.1) is 0 Å². The molecule has 84 valence electrons. The van der Waals surface area contributed by atoms with Crippen molar-refractivity contribution in [2.45, 2.75) is 26.4 Å². The number of aromatic nitrogens is 1. The van der Waals surface area contributed by atoms with Crippen molar-refractivity contribution in [3.63, 3.8) is 0 Å². The Kier molecular flexibility index (Phi) is 2.72. The van der Waals surface area contributed by atoms with Crippen molar-refractivity contribution >= 4 is 23.1 Å². The van der Waals surface area contributed by atoms with Gasteiger partial charge in [-0.05, 0) is 39.0 Å². The predicted octanol–water partition coefficient (Wildman–Crippen LogP) is 4.07. The van der Waals surface area contributed by atoms with Crippen LogP contribution in [0.5, 0.6) is 5.75 Å². The molecule has 0 aliphatic heterocycles. The molecule has 0 aliphatic rings. The molecule has 0 atom stereocenters. The summed E-state index contributed by atoms with van der Waals surface area (Å²) >= 11 is 5.25. The van der Waals surface area contributed by atoms with E-state index in [2.05, 4.69) is 4.98 Å². The third-order valence-corrected chi connectivity index (χ3v) is 2.51. The lowest BCUT2D eigenvalue weighted by atomic mass is 10.1. The van der Waals surface area contributed by atoms with Crippen LogP contribution in [-0.4, -0.2) is 10.6 Å². The molecule has 0 unspecified atom stereocenters. The van der Waals surface area contributed by atoms with Crippen LogP contribution in [0.1, 0.15) is 20.8 Å². The first-order valence-corrected chi connectivity index (χ1v) is 5.67. The highest BCUT2D eigenvalue weighted by molar-refractivity contribution is 7.71. The summed E-state index contributed by atoms with van der Waals surface area (Å²) in [6, 6.07) is 7.82. The molecule has 1 heterocycles. The normalized spacial score (nSPS) is 11.7. The van der Waals surface area contributed by atoms with E-state index in [4.69, 9.17) is 17.0 Å². The number of ether oxygens (including phenoxy) is 1. The number of H-pyrrole nitrogens is 1. The number of aromatic amines is 1. The number of benzene rings is 1. The van der Waals surface area contributed by atoms with Gasteiger partial charge in [-0.2, -0.15) is 0 Å². The second kappa shape index (κ2) is 3.91. The summed E-state index contributed by atoms with van der Waals surface area (Å²) in [5.41, 5.74) is 0.827. The maximum Gasteiger partial charge on any atom is 0.122 e. The molecule has 1 aromatic carbocycles. The number of hydrogen-bond acceptors (Lipinski definition) is 2. The van der Waals surface area contributed by atoms with E-state index in [-0.39, 0.29) is 5.60 Å². The fourth-order valence-electron chi connectivity index (χ4n) is 1.57. The molecule has 1 aromatic heterocycles. The topological polar surface area (TPSA) is 25.0 Å². The minimum atomic E-state index is -0.181. The monoisotopic (exact) mass is 233 g/mol. The van der Waals surface area contributed by atoms with E-state index < -0.39 is 0 Å². The van der Waals surface area contributed by atoms with Gasteiger partial charge in [0.2, 0.25) is 0 Å². The average Bonchev–Trinajstić information content (AvgIpc) is 2.15. The Bertz CT molecular complexity index is 566. The van der Waals surface area contributed by atoms with Crippen molar-refractivity contribution in [3.05, 3.63) is 35.0 Å². The lowest BCUT2D eigenvalue weighted by molar-refractivity contribution is 0.131. The summed E-state index contributed by atoms with van der Waals surface area (Å²) in [6.07, 6.45) is 1.85. The van der Waals surface area contributed by atoms with Crippen molar-refractivity contribution in [2.75, 3.05) is 0 Å². The highest BCUT2D eigenvalue weighted by Crippen LogP contribution is 2.23. The standard InChI is InChI=1S/C13H15NOS/c1-13(2,3)15-9-4-5-10-11(8-9)14-7-6-12(10)16/h4-8H,1-3H3,(H,14,16). The Morgan fingerprint density at radius 1 is 1.19 bits per heavy atom. The highest BCUT2D eigenvalue weighted by atomic mass is 32.1. The zero-order chi connectivity index (χ0) is 11.8. The lowest BCUT2D eigenvalue weighted by Crippen LogP contribution is -2.22. The second-order valence-electron chi connectivity index (χ2n) is 4.76. The number of rotatable bonds is 1. The van der Waals surface area contributed by atoms with Crippen LogP contribution in [0.2, 0.25) is 0 Å². The summed E-state index contributed by atoms with van der Waals surface area (Å²) in [6.45, 7) is 6.10. The third-order valence-electron chi connectivity index (χ3n) is 2.15. The Balaban J connectivity index is 2.49. The van der Waals surface area contributed by atoms with E-state index in [1.807, 2.05) is 51.2 Å². The molecule has 0 aliphatic carbocycles. The molecule has 3 heteroatoms. The first-order chi connectivity index (χ1) is 7.46. The van der Waals surface area contributed by atoms with Gasteiger partial charge in [0, 0.05) is 22.2 Å². The van der Waals surface area contributed by atoms with Gasteiger partial charge in [0.1, 0.15) is 11.4 Å². The highest BCUT2D eigenvalue weighted by Gasteiger charge is 2.11. The minimum Gasteiger partial charge on any atom is -0.488 e. The van der Waals surface area contributed by atoms with Gasteiger partial charge in [-0.1, -0.05) is 12.2 Å². The minimum absolute atomic E-state index is 0.181. The zero-order valence-corrected chi connectivity index (χ0v) is 10.5. The molecular weight excluding hydrogens is 218 g/mol. The first-order valence-electron chi connectivity index (χ1n) is 5.26. The van der Waals surface area contributed by atoms with Crippen molar-refractivity contribution in [2.24, 2.45) is 0 Å². The summed E-state index contributed by atoms with van der Waals surface area (Å²) < 4.78 is 6.65. The molecular formula is C13H15NOS. The Morgan fingerprint density at radius 3 is 2.62 bits per heavy atom. The molecule has 0 radical (unpaired) electrons. The molecule has 0 saturated heterocycles. The summed E-state index contributed by atoms with van der Waals surface area (Å²) in [5, 5.41) is 1.05. The largest absolute Gasteiger partial charge is 0.488 e. The fraction of sp³-hybridized carbons (Fsp3) is 0.308. The van der Waals surface area contributed by atoms with Crippen LogP contribution < -0.4 is 4.74 Å².